The Bertz CT molecular complexity index is 446. The Morgan fingerprint density at radius 3 is 2.58 bits per heavy atom. The minimum absolute atomic E-state index is 0.0330. The van der Waals surface area contributed by atoms with Crippen LogP contribution >= 0.6 is 0 Å². The highest BCUT2D eigenvalue weighted by Gasteiger charge is 2.14. The minimum atomic E-state index is -0.158. The molecule has 0 saturated carbocycles. The van der Waals surface area contributed by atoms with E-state index in [-0.39, 0.29) is 18.4 Å². The Morgan fingerprint density at radius 1 is 1.32 bits per heavy atom. The number of nitrogens with one attached hydrogen (secondary N) is 1. The molecule has 1 aromatic rings. The molecule has 104 valence electrons. The van der Waals surface area contributed by atoms with Crippen molar-refractivity contribution >= 4 is 17.5 Å². The lowest BCUT2D eigenvalue weighted by atomic mass is 10.1. The highest BCUT2D eigenvalue weighted by Crippen LogP contribution is 2.13. The van der Waals surface area contributed by atoms with Gasteiger partial charge in [-0.15, -0.1) is 0 Å². The summed E-state index contributed by atoms with van der Waals surface area (Å²) in [5.74, 6) is -0.191. The molecule has 0 aliphatic heterocycles. The quantitative estimate of drug-likeness (QED) is 0.745. The molecule has 0 saturated heterocycles. The van der Waals surface area contributed by atoms with Crippen LogP contribution < -0.4 is 11.1 Å². The van der Waals surface area contributed by atoms with Crippen LogP contribution in [0, 0.1) is 0 Å². The van der Waals surface area contributed by atoms with E-state index in [1.807, 2.05) is 31.2 Å². The highest BCUT2D eigenvalue weighted by atomic mass is 16.2. The number of nitrogens with zero attached hydrogens (tertiary/aromatic N) is 1. The molecule has 0 radical (unpaired) electrons. The van der Waals surface area contributed by atoms with E-state index in [4.69, 9.17) is 5.73 Å². The number of hydrogen-bond acceptors (Lipinski definition) is 3. The van der Waals surface area contributed by atoms with E-state index in [9.17, 15) is 9.59 Å². The molecule has 0 atom stereocenters. The number of benzene rings is 1. The molecule has 19 heavy (non-hydrogen) atoms. The SMILES string of the molecule is CCN(CC(=O)NC)C(=O)CCc1ccccc1N. The summed E-state index contributed by atoms with van der Waals surface area (Å²) in [4.78, 5) is 24.8. The fourth-order valence-corrected chi connectivity index (χ4v) is 1.79. The summed E-state index contributed by atoms with van der Waals surface area (Å²) in [5, 5.41) is 2.51. The van der Waals surface area contributed by atoms with E-state index in [2.05, 4.69) is 5.32 Å². The number of para-hydroxylation sites is 1. The van der Waals surface area contributed by atoms with Crippen molar-refractivity contribution in [2.24, 2.45) is 0 Å². The van der Waals surface area contributed by atoms with E-state index < -0.39 is 0 Å². The molecule has 3 N–H and O–H groups in total. The van der Waals surface area contributed by atoms with Crippen LogP contribution in [0.1, 0.15) is 18.9 Å². The number of carbonyl (C=O) groups is 2. The van der Waals surface area contributed by atoms with Crippen LogP contribution in [0.2, 0.25) is 0 Å². The zero-order valence-corrected chi connectivity index (χ0v) is 11.5. The molecule has 0 aliphatic carbocycles. The lowest BCUT2D eigenvalue weighted by Crippen LogP contribution is -2.39. The van der Waals surface area contributed by atoms with Crippen molar-refractivity contribution < 1.29 is 9.59 Å². The monoisotopic (exact) mass is 263 g/mol. The fraction of sp³-hybridized carbons (Fsp3) is 0.429. The van der Waals surface area contributed by atoms with Crippen LogP contribution in [0.4, 0.5) is 5.69 Å². The molecule has 0 fully saturated rings. The number of nitrogens with two attached hydrogens (primary N) is 1. The van der Waals surface area contributed by atoms with Crippen LogP contribution in [0.3, 0.4) is 0 Å². The number of carbonyl (C=O) groups excluding carboxylic acids is 2. The molecule has 0 bridgehead atoms. The predicted molar refractivity (Wildman–Crippen MR) is 75.5 cm³/mol. The van der Waals surface area contributed by atoms with E-state index in [0.29, 0.717) is 25.1 Å². The van der Waals surface area contributed by atoms with Crippen LogP contribution in [-0.4, -0.2) is 36.9 Å². The summed E-state index contributed by atoms with van der Waals surface area (Å²) >= 11 is 0. The van der Waals surface area contributed by atoms with Crippen LogP contribution in [0.25, 0.3) is 0 Å². The summed E-state index contributed by atoms with van der Waals surface area (Å²) in [7, 11) is 1.56. The number of hydrogen-bond donors (Lipinski definition) is 2. The van der Waals surface area contributed by atoms with Gasteiger partial charge < -0.3 is 16.0 Å². The normalized spacial score (nSPS) is 10.0. The van der Waals surface area contributed by atoms with Crippen molar-refractivity contribution in [3.05, 3.63) is 29.8 Å². The number of likely N-dealkylation sites (N-methyl/N-ethyl adjacent to an activating group) is 2. The second-order valence-corrected chi connectivity index (χ2v) is 4.28. The molecule has 0 spiro atoms. The Labute approximate surface area is 113 Å². The van der Waals surface area contributed by atoms with Gasteiger partial charge in [0.2, 0.25) is 11.8 Å². The first-order valence-electron chi connectivity index (χ1n) is 6.40. The molecule has 0 aliphatic rings. The third-order valence-corrected chi connectivity index (χ3v) is 3.01. The Kier molecular flexibility index (Phi) is 5.85. The van der Waals surface area contributed by atoms with Gasteiger partial charge in [0, 0.05) is 25.7 Å². The first kappa shape index (κ1) is 15.0. The van der Waals surface area contributed by atoms with E-state index in [1.54, 1.807) is 7.05 Å². The van der Waals surface area contributed by atoms with Crippen LogP contribution in [0.15, 0.2) is 24.3 Å². The maximum Gasteiger partial charge on any atom is 0.239 e. The molecule has 1 aromatic carbocycles. The standard InChI is InChI=1S/C14H21N3O2/c1-3-17(10-13(18)16-2)14(19)9-8-11-6-4-5-7-12(11)15/h4-7H,3,8-10,15H2,1-2H3,(H,16,18). The molecule has 1 rings (SSSR count). The van der Waals surface area contributed by atoms with Crippen molar-refractivity contribution in [2.45, 2.75) is 19.8 Å². The van der Waals surface area contributed by atoms with Gasteiger partial charge in [0.05, 0.1) is 6.54 Å². The summed E-state index contributed by atoms with van der Waals surface area (Å²) in [6.07, 6.45) is 0.953. The Morgan fingerprint density at radius 2 is 2.00 bits per heavy atom. The summed E-state index contributed by atoms with van der Waals surface area (Å²) < 4.78 is 0. The number of anilines is 1. The topological polar surface area (TPSA) is 75.4 Å². The zero-order chi connectivity index (χ0) is 14.3. The first-order chi connectivity index (χ1) is 9.08. The van der Waals surface area contributed by atoms with Crippen molar-refractivity contribution in [1.29, 1.82) is 0 Å². The highest BCUT2D eigenvalue weighted by molar-refractivity contribution is 5.84. The summed E-state index contributed by atoms with van der Waals surface area (Å²) in [6, 6.07) is 7.50. The molecular formula is C14H21N3O2. The third kappa shape index (κ3) is 4.62. The minimum Gasteiger partial charge on any atom is -0.399 e. The van der Waals surface area contributed by atoms with Crippen molar-refractivity contribution in [3.8, 4) is 0 Å². The van der Waals surface area contributed by atoms with Gasteiger partial charge in [0.25, 0.3) is 0 Å². The van der Waals surface area contributed by atoms with Gasteiger partial charge in [-0.25, -0.2) is 0 Å². The van der Waals surface area contributed by atoms with Gasteiger partial charge in [0.1, 0.15) is 0 Å². The van der Waals surface area contributed by atoms with Crippen molar-refractivity contribution in [3.63, 3.8) is 0 Å². The van der Waals surface area contributed by atoms with Crippen LogP contribution in [-0.2, 0) is 16.0 Å². The smallest absolute Gasteiger partial charge is 0.239 e. The third-order valence-electron chi connectivity index (χ3n) is 3.01. The fourth-order valence-electron chi connectivity index (χ4n) is 1.79. The van der Waals surface area contributed by atoms with Crippen molar-refractivity contribution in [2.75, 3.05) is 25.9 Å². The molecule has 0 aromatic heterocycles. The average Bonchev–Trinajstić information content (AvgIpc) is 2.43. The first-order valence-corrected chi connectivity index (χ1v) is 6.40. The number of aryl methyl sites for hydroxylation is 1. The van der Waals surface area contributed by atoms with Gasteiger partial charge in [-0.3, -0.25) is 9.59 Å². The number of amides is 2. The average molecular weight is 263 g/mol. The molecule has 5 heteroatoms. The van der Waals surface area contributed by atoms with Gasteiger partial charge in [-0.1, -0.05) is 18.2 Å². The van der Waals surface area contributed by atoms with Crippen molar-refractivity contribution in [1.82, 2.24) is 10.2 Å². The molecule has 0 unspecified atom stereocenters. The van der Waals surface area contributed by atoms with E-state index in [1.165, 1.54) is 4.90 Å². The summed E-state index contributed by atoms with van der Waals surface area (Å²) in [5.41, 5.74) is 7.49. The van der Waals surface area contributed by atoms with Gasteiger partial charge >= 0.3 is 0 Å². The van der Waals surface area contributed by atoms with Crippen LogP contribution in [0.5, 0.6) is 0 Å². The number of rotatable bonds is 6. The molecule has 5 nitrogen and oxygen atoms in total. The van der Waals surface area contributed by atoms with Gasteiger partial charge in [0.15, 0.2) is 0 Å². The van der Waals surface area contributed by atoms with Gasteiger partial charge in [-0.05, 0) is 25.0 Å². The second kappa shape index (κ2) is 7.41. The lowest BCUT2D eigenvalue weighted by molar-refractivity contribution is -0.135. The molecule has 2 amide bonds. The Balaban J connectivity index is 2.54. The molecular weight excluding hydrogens is 242 g/mol. The molecule has 0 heterocycles. The zero-order valence-electron chi connectivity index (χ0n) is 11.5. The largest absolute Gasteiger partial charge is 0.399 e. The van der Waals surface area contributed by atoms with Gasteiger partial charge in [-0.2, -0.15) is 0 Å². The van der Waals surface area contributed by atoms with E-state index in [0.717, 1.165) is 5.56 Å². The van der Waals surface area contributed by atoms with E-state index >= 15 is 0 Å². The summed E-state index contributed by atoms with van der Waals surface area (Å²) in [6.45, 7) is 2.49. The predicted octanol–water partition coefficient (Wildman–Crippen LogP) is 0.796. The maximum absolute atomic E-state index is 12.0. The second-order valence-electron chi connectivity index (χ2n) is 4.28. The maximum atomic E-state index is 12.0. The Hall–Kier alpha value is -2.04. The lowest BCUT2D eigenvalue weighted by Gasteiger charge is -2.20. The number of nitrogen functional groups attached to an aromatic ring is 1.